The quantitative estimate of drug-likeness (QED) is 0.452. The molecule has 5 heteroatoms. The molecule has 0 spiro atoms. The highest BCUT2D eigenvalue weighted by Crippen LogP contribution is 2.33. The summed E-state index contributed by atoms with van der Waals surface area (Å²) in [6.07, 6.45) is 3.36. The van der Waals surface area contributed by atoms with E-state index in [1.54, 1.807) is 24.0 Å². The Kier molecular flexibility index (Phi) is 5.80. The Morgan fingerprint density at radius 2 is 2.08 bits per heavy atom. The first-order chi connectivity index (χ1) is 11.9. The van der Waals surface area contributed by atoms with Gasteiger partial charge in [-0.25, -0.2) is 4.79 Å². The van der Waals surface area contributed by atoms with Crippen LogP contribution in [-0.2, 0) is 14.3 Å². The van der Waals surface area contributed by atoms with Crippen LogP contribution < -0.4 is 4.74 Å². The van der Waals surface area contributed by atoms with E-state index in [1.807, 2.05) is 38.1 Å². The standard InChI is InChI=1S/C20H23NO4/c1-6-10-25-16-9-7-8-15(11-16)12-17-18(20(23)24-5)14(4)21(13(2)3)19(17)22/h6-9,11-13H,1,10H2,2-5H3/b17-12-. The van der Waals surface area contributed by atoms with Crippen LogP contribution in [0.2, 0.25) is 0 Å². The van der Waals surface area contributed by atoms with Crippen molar-refractivity contribution in [3.63, 3.8) is 0 Å². The zero-order valence-electron chi connectivity index (χ0n) is 15.0. The van der Waals surface area contributed by atoms with Gasteiger partial charge in [0, 0.05) is 11.7 Å². The number of amides is 1. The second-order valence-electron chi connectivity index (χ2n) is 5.95. The van der Waals surface area contributed by atoms with E-state index in [0.717, 1.165) is 5.56 Å². The molecule has 2 rings (SSSR count). The summed E-state index contributed by atoms with van der Waals surface area (Å²) in [5, 5.41) is 0. The average Bonchev–Trinajstić information content (AvgIpc) is 2.83. The molecule has 25 heavy (non-hydrogen) atoms. The smallest absolute Gasteiger partial charge is 0.340 e. The summed E-state index contributed by atoms with van der Waals surface area (Å²) in [5.41, 5.74) is 2.01. The lowest BCUT2D eigenvalue weighted by atomic mass is 10.0. The molecule has 0 bridgehead atoms. The summed E-state index contributed by atoms with van der Waals surface area (Å²) in [7, 11) is 1.31. The first kappa shape index (κ1) is 18.5. The van der Waals surface area contributed by atoms with Crippen molar-refractivity contribution in [3.8, 4) is 5.75 Å². The summed E-state index contributed by atoms with van der Waals surface area (Å²) in [6, 6.07) is 7.26. The van der Waals surface area contributed by atoms with Crippen LogP contribution in [0.15, 0.2) is 53.8 Å². The molecule has 0 fully saturated rings. The van der Waals surface area contributed by atoms with Gasteiger partial charge in [-0.05, 0) is 44.5 Å². The van der Waals surface area contributed by atoms with E-state index in [-0.39, 0.29) is 11.9 Å². The van der Waals surface area contributed by atoms with Crippen LogP contribution in [0.1, 0.15) is 26.3 Å². The molecule has 0 unspecified atom stereocenters. The molecule has 132 valence electrons. The Labute approximate surface area is 148 Å². The van der Waals surface area contributed by atoms with Gasteiger partial charge < -0.3 is 14.4 Å². The number of rotatable bonds is 6. The summed E-state index contributed by atoms with van der Waals surface area (Å²) < 4.78 is 10.4. The van der Waals surface area contributed by atoms with Crippen LogP contribution in [0.3, 0.4) is 0 Å². The molecule has 5 nitrogen and oxygen atoms in total. The van der Waals surface area contributed by atoms with Gasteiger partial charge >= 0.3 is 5.97 Å². The van der Waals surface area contributed by atoms with E-state index in [0.29, 0.717) is 29.2 Å². The van der Waals surface area contributed by atoms with Crippen LogP contribution in [0.4, 0.5) is 0 Å². The van der Waals surface area contributed by atoms with Crippen molar-refractivity contribution < 1.29 is 19.1 Å². The van der Waals surface area contributed by atoms with Crippen molar-refractivity contribution in [1.82, 2.24) is 4.90 Å². The molecule has 1 amide bonds. The van der Waals surface area contributed by atoms with Gasteiger partial charge in [-0.1, -0.05) is 24.8 Å². The van der Waals surface area contributed by atoms with Crippen LogP contribution in [0.25, 0.3) is 6.08 Å². The number of methoxy groups -OCH3 is 1. The van der Waals surface area contributed by atoms with Gasteiger partial charge in [0.1, 0.15) is 12.4 Å². The minimum Gasteiger partial charge on any atom is -0.490 e. The molecule has 1 aromatic carbocycles. The Morgan fingerprint density at radius 1 is 1.36 bits per heavy atom. The molecular weight excluding hydrogens is 318 g/mol. The fourth-order valence-corrected chi connectivity index (χ4v) is 2.84. The fraction of sp³-hybridized carbons (Fsp3) is 0.300. The highest BCUT2D eigenvalue weighted by Gasteiger charge is 2.38. The van der Waals surface area contributed by atoms with Crippen molar-refractivity contribution in [1.29, 1.82) is 0 Å². The molecule has 0 saturated carbocycles. The maximum Gasteiger partial charge on any atom is 0.340 e. The highest BCUT2D eigenvalue weighted by atomic mass is 16.5. The van der Waals surface area contributed by atoms with Crippen molar-refractivity contribution in [3.05, 3.63) is 59.3 Å². The summed E-state index contributed by atoms with van der Waals surface area (Å²) in [6.45, 7) is 9.58. The molecule has 1 aromatic rings. The van der Waals surface area contributed by atoms with E-state index in [1.165, 1.54) is 7.11 Å². The second-order valence-corrected chi connectivity index (χ2v) is 5.95. The van der Waals surface area contributed by atoms with Gasteiger partial charge in [0.15, 0.2) is 0 Å². The minimum atomic E-state index is -0.515. The van der Waals surface area contributed by atoms with Crippen LogP contribution in [0, 0.1) is 0 Å². The molecule has 0 aliphatic carbocycles. The molecular formula is C20H23NO4. The second kappa shape index (κ2) is 7.83. The van der Waals surface area contributed by atoms with E-state index in [4.69, 9.17) is 9.47 Å². The largest absolute Gasteiger partial charge is 0.490 e. The molecule has 0 radical (unpaired) electrons. The van der Waals surface area contributed by atoms with Gasteiger partial charge in [0.2, 0.25) is 0 Å². The highest BCUT2D eigenvalue weighted by molar-refractivity contribution is 6.16. The third kappa shape index (κ3) is 3.82. The van der Waals surface area contributed by atoms with Crippen molar-refractivity contribution in [2.75, 3.05) is 13.7 Å². The summed E-state index contributed by atoms with van der Waals surface area (Å²) in [5.74, 6) is -0.0506. The van der Waals surface area contributed by atoms with Crippen molar-refractivity contribution >= 4 is 18.0 Å². The zero-order valence-corrected chi connectivity index (χ0v) is 15.0. The Bertz CT molecular complexity index is 759. The van der Waals surface area contributed by atoms with E-state index in [2.05, 4.69) is 6.58 Å². The zero-order chi connectivity index (χ0) is 18.6. The summed E-state index contributed by atoms with van der Waals surface area (Å²) >= 11 is 0. The fourth-order valence-electron chi connectivity index (χ4n) is 2.84. The maximum absolute atomic E-state index is 12.8. The van der Waals surface area contributed by atoms with Crippen LogP contribution >= 0.6 is 0 Å². The summed E-state index contributed by atoms with van der Waals surface area (Å²) in [4.78, 5) is 26.6. The number of nitrogens with zero attached hydrogens (tertiary/aromatic N) is 1. The monoisotopic (exact) mass is 341 g/mol. The number of carbonyl (C=O) groups is 2. The maximum atomic E-state index is 12.8. The molecule has 0 atom stereocenters. The number of hydrogen-bond donors (Lipinski definition) is 0. The van der Waals surface area contributed by atoms with Gasteiger partial charge in [-0.15, -0.1) is 0 Å². The first-order valence-corrected chi connectivity index (χ1v) is 8.09. The number of carbonyl (C=O) groups excluding carboxylic acids is 2. The van der Waals surface area contributed by atoms with Gasteiger partial charge in [-0.2, -0.15) is 0 Å². The van der Waals surface area contributed by atoms with Crippen LogP contribution in [0.5, 0.6) is 5.75 Å². The molecule has 1 heterocycles. The Balaban J connectivity index is 2.48. The lowest BCUT2D eigenvalue weighted by Crippen LogP contribution is -2.31. The van der Waals surface area contributed by atoms with Gasteiger partial charge in [-0.3, -0.25) is 4.79 Å². The lowest BCUT2D eigenvalue weighted by molar-refractivity contribution is -0.136. The third-order valence-corrected chi connectivity index (χ3v) is 3.88. The number of ether oxygens (including phenoxy) is 2. The molecule has 1 aliphatic rings. The minimum absolute atomic E-state index is 0.0553. The number of esters is 1. The van der Waals surface area contributed by atoms with Gasteiger partial charge in [0.05, 0.1) is 18.3 Å². The normalized spacial score (nSPS) is 16.0. The molecule has 0 N–H and O–H groups in total. The predicted molar refractivity (Wildman–Crippen MR) is 96.8 cm³/mol. The number of allylic oxidation sites excluding steroid dienone is 1. The Hall–Kier alpha value is -2.82. The number of hydrogen-bond acceptors (Lipinski definition) is 4. The van der Waals surface area contributed by atoms with E-state index >= 15 is 0 Å². The molecule has 0 aromatic heterocycles. The van der Waals surface area contributed by atoms with Crippen LogP contribution in [-0.4, -0.2) is 36.5 Å². The van der Waals surface area contributed by atoms with E-state index in [9.17, 15) is 9.59 Å². The van der Waals surface area contributed by atoms with Crippen molar-refractivity contribution in [2.24, 2.45) is 0 Å². The topological polar surface area (TPSA) is 55.8 Å². The third-order valence-electron chi connectivity index (χ3n) is 3.88. The number of benzene rings is 1. The average molecular weight is 341 g/mol. The SMILES string of the molecule is C=CCOc1cccc(/C=C2\C(=O)N(C(C)C)C(C)=C2C(=O)OC)c1. The van der Waals surface area contributed by atoms with E-state index < -0.39 is 5.97 Å². The molecule has 1 aliphatic heterocycles. The predicted octanol–water partition coefficient (Wildman–Crippen LogP) is 3.33. The first-order valence-electron chi connectivity index (χ1n) is 8.09. The lowest BCUT2D eigenvalue weighted by Gasteiger charge is -2.22. The van der Waals surface area contributed by atoms with Crippen molar-refractivity contribution in [2.45, 2.75) is 26.8 Å². The molecule has 0 saturated heterocycles. The van der Waals surface area contributed by atoms with Gasteiger partial charge in [0.25, 0.3) is 5.91 Å². The Morgan fingerprint density at radius 3 is 2.68 bits per heavy atom.